The molecule has 0 spiro atoms. The van der Waals surface area contributed by atoms with Crippen LogP contribution >= 0.6 is 11.6 Å². The van der Waals surface area contributed by atoms with E-state index in [1.807, 2.05) is 0 Å². The normalized spacial score (nSPS) is 17.6. The topological polar surface area (TPSA) is 78.5 Å². The minimum absolute atomic E-state index is 0.0411. The number of nitrogens with zero attached hydrogens (tertiary/aromatic N) is 1. The SMILES string of the molecule is C=C(Cl)CNC(=O)CCN1C(=O)NC(C)(C)C1=O. The summed E-state index contributed by atoms with van der Waals surface area (Å²) in [7, 11) is 0. The molecule has 1 saturated heterocycles. The summed E-state index contributed by atoms with van der Waals surface area (Å²) < 4.78 is 0. The second-order valence-corrected chi connectivity index (χ2v) is 5.09. The van der Waals surface area contributed by atoms with Crippen LogP contribution in [0.4, 0.5) is 4.79 Å². The molecule has 0 saturated carbocycles. The van der Waals surface area contributed by atoms with Crippen molar-refractivity contribution in [2.45, 2.75) is 25.8 Å². The Labute approximate surface area is 110 Å². The van der Waals surface area contributed by atoms with E-state index < -0.39 is 11.6 Å². The van der Waals surface area contributed by atoms with E-state index in [2.05, 4.69) is 17.2 Å². The Morgan fingerprint density at radius 3 is 2.56 bits per heavy atom. The van der Waals surface area contributed by atoms with Crippen LogP contribution < -0.4 is 10.6 Å². The standard InChI is InChI=1S/C11H16ClN3O3/c1-7(12)6-13-8(16)4-5-15-9(17)11(2,3)14-10(15)18/h1,4-6H2,2-3H3,(H,13,16)(H,14,18). The van der Waals surface area contributed by atoms with Gasteiger partial charge in [-0.2, -0.15) is 0 Å². The summed E-state index contributed by atoms with van der Waals surface area (Å²) in [5.74, 6) is -0.621. The van der Waals surface area contributed by atoms with E-state index in [0.29, 0.717) is 5.03 Å². The first kappa shape index (κ1) is 14.5. The summed E-state index contributed by atoms with van der Waals surface area (Å²) in [5.41, 5.74) is -0.905. The maximum atomic E-state index is 11.8. The van der Waals surface area contributed by atoms with Gasteiger partial charge in [0.15, 0.2) is 0 Å². The molecule has 0 aromatic heterocycles. The van der Waals surface area contributed by atoms with Gasteiger partial charge in [-0.05, 0) is 13.8 Å². The average molecular weight is 274 g/mol. The number of carbonyl (C=O) groups is 3. The highest BCUT2D eigenvalue weighted by molar-refractivity contribution is 6.29. The van der Waals surface area contributed by atoms with Crippen molar-refractivity contribution in [1.82, 2.24) is 15.5 Å². The van der Waals surface area contributed by atoms with Crippen LogP contribution in [0.5, 0.6) is 0 Å². The fourth-order valence-electron chi connectivity index (χ4n) is 1.52. The van der Waals surface area contributed by atoms with Gasteiger partial charge < -0.3 is 10.6 Å². The molecule has 0 radical (unpaired) electrons. The third-order valence-corrected chi connectivity index (χ3v) is 2.62. The number of hydrogen-bond donors (Lipinski definition) is 2. The average Bonchev–Trinajstić information content (AvgIpc) is 2.43. The van der Waals surface area contributed by atoms with Crippen molar-refractivity contribution in [1.29, 1.82) is 0 Å². The van der Waals surface area contributed by atoms with Crippen LogP contribution in [0, 0.1) is 0 Å². The molecule has 0 atom stereocenters. The van der Waals surface area contributed by atoms with Gasteiger partial charge in [0, 0.05) is 18.0 Å². The van der Waals surface area contributed by atoms with Crippen molar-refractivity contribution in [3.8, 4) is 0 Å². The van der Waals surface area contributed by atoms with Crippen molar-refractivity contribution in [2.75, 3.05) is 13.1 Å². The van der Waals surface area contributed by atoms with E-state index in [1.54, 1.807) is 13.8 Å². The minimum atomic E-state index is -0.905. The third kappa shape index (κ3) is 3.46. The van der Waals surface area contributed by atoms with E-state index in [-0.39, 0.29) is 31.3 Å². The first-order valence-corrected chi connectivity index (χ1v) is 5.86. The van der Waals surface area contributed by atoms with Crippen LogP contribution in [-0.2, 0) is 9.59 Å². The highest BCUT2D eigenvalue weighted by Gasteiger charge is 2.43. The number of hydrogen-bond acceptors (Lipinski definition) is 3. The number of amides is 4. The van der Waals surface area contributed by atoms with E-state index in [1.165, 1.54) is 0 Å². The van der Waals surface area contributed by atoms with Gasteiger partial charge in [0.1, 0.15) is 5.54 Å². The highest BCUT2D eigenvalue weighted by Crippen LogP contribution is 2.16. The van der Waals surface area contributed by atoms with Crippen LogP contribution in [0.15, 0.2) is 11.6 Å². The van der Waals surface area contributed by atoms with Gasteiger partial charge in [-0.25, -0.2) is 4.79 Å². The Bertz CT molecular complexity index is 406. The largest absolute Gasteiger partial charge is 0.351 e. The molecule has 6 nitrogen and oxygen atoms in total. The molecule has 1 fully saturated rings. The molecule has 7 heteroatoms. The van der Waals surface area contributed by atoms with Gasteiger partial charge in [-0.15, -0.1) is 0 Å². The van der Waals surface area contributed by atoms with Gasteiger partial charge in [-0.1, -0.05) is 18.2 Å². The fourth-order valence-corrected chi connectivity index (χ4v) is 1.58. The van der Waals surface area contributed by atoms with Crippen molar-refractivity contribution >= 4 is 29.4 Å². The van der Waals surface area contributed by atoms with Crippen molar-refractivity contribution < 1.29 is 14.4 Å². The van der Waals surface area contributed by atoms with Crippen LogP contribution in [0.25, 0.3) is 0 Å². The van der Waals surface area contributed by atoms with Crippen LogP contribution in [0.2, 0.25) is 0 Å². The predicted octanol–water partition coefficient (Wildman–Crippen LogP) is 0.576. The molecular weight excluding hydrogens is 258 g/mol. The number of rotatable bonds is 5. The summed E-state index contributed by atoms with van der Waals surface area (Å²) in [6, 6.07) is -0.473. The van der Waals surface area contributed by atoms with E-state index in [0.717, 1.165) is 4.90 Å². The molecule has 100 valence electrons. The monoisotopic (exact) mass is 273 g/mol. The predicted molar refractivity (Wildman–Crippen MR) is 66.9 cm³/mol. The van der Waals surface area contributed by atoms with Gasteiger partial charge in [-0.3, -0.25) is 14.5 Å². The van der Waals surface area contributed by atoms with Gasteiger partial charge >= 0.3 is 6.03 Å². The number of nitrogens with one attached hydrogen (secondary N) is 2. The second kappa shape index (κ2) is 5.39. The number of imide groups is 1. The highest BCUT2D eigenvalue weighted by atomic mass is 35.5. The van der Waals surface area contributed by atoms with E-state index >= 15 is 0 Å². The molecule has 4 amide bonds. The zero-order chi connectivity index (χ0) is 13.9. The molecule has 0 unspecified atom stereocenters. The Balaban J connectivity index is 2.45. The summed E-state index contributed by atoms with van der Waals surface area (Å²) in [5, 5.41) is 5.37. The Morgan fingerprint density at radius 1 is 1.50 bits per heavy atom. The lowest BCUT2D eigenvalue weighted by Crippen LogP contribution is -2.40. The Kier molecular flexibility index (Phi) is 4.34. The number of urea groups is 1. The summed E-state index contributed by atoms with van der Waals surface area (Å²) in [4.78, 5) is 35.7. The smallest absolute Gasteiger partial charge is 0.325 e. The lowest BCUT2D eigenvalue weighted by molar-refractivity contribution is -0.130. The molecule has 18 heavy (non-hydrogen) atoms. The van der Waals surface area contributed by atoms with Gasteiger partial charge in [0.25, 0.3) is 5.91 Å². The molecule has 1 aliphatic rings. The van der Waals surface area contributed by atoms with Crippen molar-refractivity contribution in [2.24, 2.45) is 0 Å². The minimum Gasteiger partial charge on any atom is -0.351 e. The summed E-state index contributed by atoms with van der Waals surface area (Å²) in [6.45, 7) is 6.88. The van der Waals surface area contributed by atoms with Crippen molar-refractivity contribution in [3.63, 3.8) is 0 Å². The molecule has 1 aliphatic heterocycles. The molecule has 2 N–H and O–H groups in total. The van der Waals surface area contributed by atoms with Gasteiger partial charge in [0.2, 0.25) is 5.91 Å². The zero-order valence-corrected chi connectivity index (χ0v) is 11.1. The molecule has 0 aliphatic carbocycles. The molecule has 1 rings (SSSR count). The molecule has 0 aromatic rings. The van der Waals surface area contributed by atoms with E-state index in [9.17, 15) is 14.4 Å². The number of halogens is 1. The fraction of sp³-hybridized carbons (Fsp3) is 0.545. The maximum Gasteiger partial charge on any atom is 0.325 e. The van der Waals surface area contributed by atoms with Crippen LogP contribution in [0.1, 0.15) is 20.3 Å². The third-order valence-electron chi connectivity index (χ3n) is 2.48. The van der Waals surface area contributed by atoms with Crippen molar-refractivity contribution in [3.05, 3.63) is 11.6 Å². The van der Waals surface area contributed by atoms with Crippen LogP contribution in [-0.4, -0.2) is 41.4 Å². The summed E-state index contributed by atoms with van der Waals surface area (Å²) >= 11 is 5.50. The Hall–Kier alpha value is -1.56. The summed E-state index contributed by atoms with van der Waals surface area (Å²) in [6.07, 6.45) is 0.0411. The Morgan fingerprint density at radius 2 is 2.11 bits per heavy atom. The second-order valence-electron chi connectivity index (χ2n) is 4.56. The molecular formula is C11H16ClN3O3. The first-order chi connectivity index (χ1) is 8.24. The molecule has 0 bridgehead atoms. The maximum absolute atomic E-state index is 11.8. The first-order valence-electron chi connectivity index (χ1n) is 5.48. The van der Waals surface area contributed by atoms with E-state index in [4.69, 9.17) is 11.6 Å². The van der Waals surface area contributed by atoms with Gasteiger partial charge in [0.05, 0.1) is 6.54 Å². The number of carbonyl (C=O) groups excluding carboxylic acids is 3. The molecule has 0 aromatic carbocycles. The molecule has 1 heterocycles. The van der Waals surface area contributed by atoms with Crippen LogP contribution in [0.3, 0.4) is 0 Å². The lowest BCUT2D eigenvalue weighted by atomic mass is 10.1. The zero-order valence-electron chi connectivity index (χ0n) is 10.4. The lowest BCUT2D eigenvalue weighted by Gasteiger charge is -2.15. The quantitative estimate of drug-likeness (QED) is 0.719.